The van der Waals surface area contributed by atoms with Crippen LogP contribution in [0.15, 0.2) is 16.9 Å². The van der Waals surface area contributed by atoms with Crippen molar-refractivity contribution in [2.24, 2.45) is 0 Å². The fraction of sp³-hybridized carbons (Fsp3) is 0.571. The number of hydrogen-bond donors (Lipinski definition) is 0. The second-order valence-electron chi connectivity index (χ2n) is 5.24. The molecule has 0 spiro atoms. The predicted molar refractivity (Wildman–Crippen MR) is 81.1 cm³/mol. The summed E-state index contributed by atoms with van der Waals surface area (Å²) in [4.78, 5) is 17.2. The molecule has 1 fully saturated rings. The normalized spacial score (nSPS) is 15.1. The number of nitrogens with zero attached hydrogens (tertiary/aromatic N) is 6. The van der Waals surface area contributed by atoms with Gasteiger partial charge in [-0.05, 0) is 0 Å². The Morgan fingerprint density at radius 3 is 2.82 bits per heavy atom. The summed E-state index contributed by atoms with van der Waals surface area (Å²) >= 11 is 0. The Balaban J connectivity index is 1.63. The van der Waals surface area contributed by atoms with Gasteiger partial charge in [0.05, 0.1) is 13.2 Å². The van der Waals surface area contributed by atoms with Crippen LogP contribution in [0.5, 0.6) is 0 Å². The molecule has 2 aromatic rings. The second kappa shape index (κ2) is 6.69. The average Bonchev–Trinajstić information content (AvgIpc) is 2.99. The van der Waals surface area contributed by atoms with Crippen molar-refractivity contribution in [2.45, 2.75) is 13.3 Å². The number of likely N-dealkylation sites (N-methyl/N-ethyl adjacent to an activating group) is 1. The van der Waals surface area contributed by atoms with Crippen molar-refractivity contribution in [2.75, 3.05) is 49.7 Å². The predicted octanol–water partition coefficient (Wildman–Crippen LogP) is 0.684. The first-order valence-corrected chi connectivity index (χ1v) is 7.37. The highest BCUT2D eigenvalue weighted by Gasteiger charge is 2.14. The summed E-state index contributed by atoms with van der Waals surface area (Å²) in [6, 6.07) is 2.01. The van der Waals surface area contributed by atoms with Gasteiger partial charge in [0, 0.05) is 46.1 Å². The van der Waals surface area contributed by atoms with E-state index in [1.165, 1.54) is 0 Å². The van der Waals surface area contributed by atoms with Crippen molar-refractivity contribution < 1.29 is 9.26 Å². The molecule has 0 aromatic carbocycles. The largest absolute Gasteiger partial charge is 0.378 e. The van der Waals surface area contributed by atoms with Crippen molar-refractivity contribution in [1.82, 2.24) is 20.1 Å². The molecule has 0 radical (unpaired) electrons. The molecule has 1 aliphatic rings. The summed E-state index contributed by atoms with van der Waals surface area (Å²) < 4.78 is 10.3. The standard InChI is InChI=1S/C14H20N6O2/c1-11-17-12(18-22-11)3-4-19(2)13-9-14(16-10-15-13)20-5-7-21-8-6-20/h9-10H,3-8H2,1-2H3. The van der Waals surface area contributed by atoms with Gasteiger partial charge in [0.15, 0.2) is 5.82 Å². The third-order valence-corrected chi connectivity index (χ3v) is 3.60. The van der Waals surface area contributed by atoms with Gasteiger partial charge in [-0.25, -0.2) is 9.97 Å². The minimum Gasteiger partial charge on any atom is -0.378 e. The van der Waals surface area contributed by atoms with E-state index >= 15 is 0 Å². The lowest BCUT2D eigenvalue weighted by molar-refractivity contribution is 0.122. The van der Waals surface area contributed by atoms with Gasteiger partial charge in [-0.3, -0.25) is 0 Å². The van der Waals surface area contributed by atoms with E-state index in [1.807, 2.05) is 13.1 Å². The third kappa shape index (κ3) is 3.51. The molecule has 8 nitrogen and oxygen atoms in total. The lowest BCUT2D eigenvalue weighted by atomic mass is 10.3. The maximum atomic E-state index is 5.37. The van der Waals surface area contributed by atoms with E-state index in [4.69, 9.17) is 9.26 Å². The van der Waals surface area contributed by atoms with Crippen molar-refractivity contribution in [1.29, 1.82) is 0 Å². The summed E-state index contributed by atoms with van der Waals surface area (Å²) in [5.41, 5.74) is 0. The molecule has 3 heterocycles. The Hall–Kier alpha value is -2.22. The Labute approximate surface area is 129 Å². The molecule has 1 saturated heterocycles. The Morgan fingerprint density at radius 2 is 2.09 bits per heavy atom. The summed E-state index contributed by atoms with van der Waals surface area (Å²) in [5, 5.41) is 3.90. The molecule has 0 saturated carbocycles. The monoisotopic (exact) mass is 304 g/mol. The van der Waals surface area contributed by atoms with Crippen molar-refractivity contribution in [3.63, 3.8) is 0 Å². The number of ether oxygens (including phenoxy) is 1. The third-order valence-electron chi connectivity index (χ3n) is 3.60. The summed E-state index contributed by atoms with van der Waals surface area (Å²) in [6.07, 6.45) is 2.32. The number of aromatic nitrogens is 4. The quantitative estimate of drug-likeness (QED) is 0.798. The highest BCUT2D eigenvalue weighted by molar-refractivity contribution is 5.49. The van der Waals surface area contributed by atoms with Gasteiger partial charge in [0.2, 0.25) is 5.89 Å². The number of morpholine rings is 1. The highest BCUT2D eigenvalue weighted by Crippen LogP contribution is 2.17. The van der Waals surface area contributed by atoms with Gasteiger partial charge < -0.3 is 19.1 Å². The zero-order chi connectivity index (χ0) is 15.4. The van der Waals surface area contributed by atoms with E-state index in [-0.39, 0.29) is 0 Å². The minimum absolute atomic E-state index is 0.592. The van der Waals surface area contributed by atoms with E-state index < -0.39 is 0 Å². The van der Waals surface area contributed by atoms with Gasteiger partial charge in [0.25, 0.3) is 0 Å². The molecule has 2 aromatic heterocycles. The van der Waals surface area contributed by atoms with Crippen LogP contribution in [0.2, 0.25) is 0 Å². The zero-order valence-corrected chi connectivity index (χ0v) is 12.9. The molecule has 0 N–H and O–H groups in total. The molecular weight excluding hydrogens is 284 g/mol. The lowest BCUT2D eigenvalue weighted by Crippen LogP contribution is -2.37. The molecule has 0 atom stereocenters. The van der Waals surface area contributed by atoms with Crippen LogP contribution in [0.3, 0.4) is 0 Å². The van der Waals surface area contributed by atoms with Gasteiger partial charge in [-0.2, -0.15) is 4.98 Å². The van der Waals surface area contributed by atoms with Gasteiger partial charge in [-0.1, -0.05) is 5.16 Å². The van der Waals surface area contributed by atoms with Crippen LogP contribution < -0.4 is 9.80 Å². The molecular formula is C14H20N6O2. The smallest absolute Gasteiger partial charge is 0.223 e. The van der Waals surface area contributed by atoms with Crippen molar-refractivity contribution in [3.8, 4) is 0 Å². The molecule has 0 unspecified atom stereocenters. The van der Waals surface area contributed by atoms with Gasteiger partial charge in [0.1, 0.15) is 18.0 Å². The first kappa shape index (κ1) is 14.7. The molecule has 0 bridgehead atoms. The maximum Gasteiger partial charge on any atom is 0.223 e. The first-order valence-electron chi connectivity index (χ1n) is 7.37. The highest BCUT2D eigenvalue weighted by atomic mass is 16.5. The van der Waals surface area contributed by atoms with Crippen molar-refractivity contribution >= 4 is 11.6 Å². The van der Waals surface area contributed by atoms with Crippen LogP contribution in [0.1, 0.15) is 11.7 Å². The van der Waals surface area contributed by atoms with E-state index in [0.717, 1.165) is 44.5 Å². The average molecular weight is 304 g/mol. The van der Waals surface area contributed by atoms with Gasteiger partial charge >= 0.3 is 0 Å². The molecule has 8 heteroatoms. The molecule has 3 rings (SSSR count). The van der Waals surface area contributed by atoms with Crippen LogP contribution in [-0.2, 0) is 11.2 Å². The van der Waals surface area contributed by atoms with Crippen LogP contribution >= 0.6 is 0 Å². The fourth-order valence-electron chi connectivity index (χ4n) is 2.34. The van der Waals surface area contributed by atoms with E-state index in [1.54, 1.807) is 13.3 Å². The molecule has 1 aliphatic heterocycles. The number of hydrogen-bond acceptors (Lipinski definition) is 8. The topological polar surface area (TPSA) is 80.4 Å². The number of anilines is 2. The Kier molecular flexibility index (Phi) is 4.47. The van der Waals surface area contributed by atoms with Crippen LogP contribution in [0.4, 0.5) is 11.6 Å². The van der Waals surface area contributed by atoms with E-state index in [0.29, 0.717) is 18.1 Å². The number of rotatable bonds is 5. The summed E-state index contributed by atoms with van der Waals surface area (Å²) in [7, 11) is 2.00. The minimum atomic E-state index is 0.592. The molecule has 0 amide bonds. The second-order valence-corrected chi connectivity index (χ2v) is 5.24. The molecule has 22 heavy (non-hydrogen) atoms. The van der Waals surface area contributed by atoms with E-state index in [9.17, 15) is 0 Å². The van der Waals surface area contributed by atoms with E-state index in [2.05, 4.69) is 29.9 Å². The van der Waals surface area contributed by atoms with Gasteiger partial charge in [-0.15, -0.1) is 0 Å². The Morgan fingerprint density at radius 1 is 1.27 bits per heavy atom. The zero-order valence-electron chi connectivity index (χ0n) is 12.9. The maximum absolute atomic E-state index is 5.37. The first-order chi connectivity index (χ1) is 10.7. The Bertz CT molecular complexity index is 611. The summed E-state index contributed by atoms with van der Waals surface area (Å²) in [5.74, 6) is 3.13. The SMILES string of the molecule is Cc1nc(CCN(C)c2cc(N3CCOCC3)ncn2)no1. The fourth-order valence-corrected chi connectivity index (χ4v) is 2.34. The van der Waals surface area contributed by atoms with Crippen LogP contribution in [0.25, 0.3) is 0 Å². The van der Waals surface area contributed by atoms with Crippen molar-refractivity contribution in [3.05, 3.63) is 24.1 Å². The lowest BCUT2D eigenvalue weighted by Gasteiger charge is -2.28. The van der Waals surface area contributed by atoms with Crippen LogP contribution in [0, 0.1) is 6.92 Å². The molecule has 0 aliphatic carbocycles. The number of aryl methyl sites for hydroxylation is 1. The summed E-state index contributed by atoms with van der Waals surface area (Å²) in [6.45, 7) is 5.76. The van der Waals surface area contributed by atoms with Crippen LogP contribution in [-0.4, -0.2) is 60.0 Å². The molecule has 118 valence electrons.